The van der Waals surface area contributed by atoms with Gasteiger partial charge >= 0.3 is 0 Å². The Bertz CT molecular complexity index is 1080. The minimum atomic E-state index is -3.46. The molecule has 1 amide bonds. The molecular formula is C25H35N3O5S. The fourth-order valence-corrected chi connectivity index (χ4v) is 4.72. The van der Waals surface area contributed by atoms with E-state index >= 15 is 0 Å². The average Bonchev–Trinajstić information content (AvgIpc) is 2.79. The second-order valence-electron chi connectivity index (χ2n) is 9.10. The van der Waals surface area contributed by atoms with Gasteiger partial charge in [0.05, 0.1) is 23.6 Å². The topological polar surface area (TPSA) is 88.2 Å². The van der Waals surface area contributed by atoms with Gasteiger partial charge in [0.2, 0.25) is 10.0 Å². The number of methoxy groups -OCH3 is 1. The maximum Gasteiger partial charge on any atom is 0.257 e. The Morgan fingerprint density at radius 3 is 2.47 bits per heavy atom. The van der Waals surface area contributed by atoms with Crippen molar-refractivity contribution in [2.24, 2.45) is 5.92 Å². The predicted octanol–water partition coefficient (Wildman–Crippen LogP) is 3.06. The molecule has 1 heterocycles. The number of amides is 1. The molecule has 3 atom stereocenters. The van der Waals surface area contributed by atoms with Crippen molar-refractivity contribution < 1.29 is 22.7 Å². The van der Waals surface area contributed by atoms with Crippen LogP contribution in [0.4, 0.5) is 5.69 Å². The van der Waals surface area contributed by atoms with Crippen LogP contribution in [0.2, 0.25) is 0 Å². The molecule has 9 heteroatoms. The summed E-state index contributed by atoms with van der Waals surface area (Å²) in [6, 6.07) is 15.0. The number of nitrogens with zero attached hydrogens (tertiary/aromatic N) is 2. The molecule has 2 aromatic carbocycles. The summed E-state index contributed by atoms with van der Waals surface area (Å²) in [5.74, 6) is 0.316. The second-order valence-corrected chi connectivity index (χ2v) is 10.8. The molecule has 0 radical (unpaired) electrons. The van der Waals surface area contributed by atoms with Gasteiger partial charge in [0.15, 0.2) is 0 Å². The molecule has 0 unspecified atom stereocenters. The van der Waals surface area contributed by atoms with Gasteiger partial charge in [0.1, 0.15) is 12.4 Å². The summed E-state index contributed by atoms with van der Waals surface area (Å²) >= 11 is 0. The van der Waals surface area contributed by atoms with Gasteiger partial charge in [0.25, 0.3) is 5.91 Å². The van der Waals surface area contributed by atoms with Crippen molar-refractivity contribution in [3.05, 3.63) is 59.7 Å². The van der Waals surface area contributed by atoms with Crippen molar-refractivity contribution in [2.45, 2.75) is 32.5 Å². The van der Waals surface area contributed by atoms with Crippen LogP contribution in [0, 0.1) is 5.92 Å². The van der Waals surface area contributed by atoms with Crippen molar-refractivity contribution in [3.63, 3.8) is 0 Å². The zero-order chi connectivity index (χ0) is 24.9. The van der Waals surface area contributed by atoms with Gasteiger partial charge in [-0.05, 0) is 30.5 Å². The van der Waals surface area contributed by atoms with E-state index in [0.717, 1.165) is 19.3 Å². The van der Waals surface area contributed by atoms with Gasteiger partial charge in [-0.1, -0.05) is 37.3 Å². The van der Waals surface area contributed by atoms with Crippen molar-refractivity contribution >= 4 is 21.6 Å². The zero-order valence-electron chi connectivity index (χ0n) is 20.5. The SMILES string of the molecule is CO[C@@H]1CN(C)C(=O)c2ccc(NS(C)(=O)=O)cc2OC[C@H](C)N(Cc2ccccc2)C[C@H]1C. The lowest BCUT2D eigenvalue weighted by Gasteiger charge is -2.36. The molecular weight excluding hydrogens is 454 g/mol. The molecule has 0 saturated carbocycles. The lowest BCUT2D eigenvalue weighted by molar-refractivity contribution is 0.00922. The Kier molecular flexibility index (Phi) is 8.57. The van der Waals surface area contributed by atoms with Crippen LogP contribution in [-0.4, -0.2) is 76.4 Å². The first kappa shape index (κ1) is 26.0. The van der Waals surface area contributed by atoms with E-state index in [-0.39, 0.29) is 24.0 Å². The van der Waals surface area contributed by atoms with Crippen LogP contribution in [0.1, 0.15) is 29.8 Å². The smallest absolute Gasteiger partial charge is 0.257 e. The maximum atomic E-state index is 13.2. The molecule has 8 nitrogen and oxygen atoms in total. The number of benzene rings is 2. The van der Waals surface area contributed by atoms with Gasteiger partial charge in [-0.25, -0.2) is 8.42 Å². The minimum Gasteiger partial charge on any atom is -0.491 e. The number of ether oxygens (including phenoxy) is 2. The highest BCUT2D eigenvalue weighted by atomic mass is 32.2. The van der Waals surface area contributed by atoms with E-state index in [0.29, 0.717) is 30.2 Å². The molecule has 2 aromatic rings. The molecule has 3 rings (SSSR count). The summed E-state index contributed by atoms with van der Waals surface area (Å²) in [5, 5.41) is 0. The van der Waals surface area contributed by atoms with E-state index in [4.69, 9.17) is 9.47 Å². The Labute approximate surface area is 202 Å². The Balaban J connectivity index is 1.96. The first-order valence-corrected chi connectivity index (χ1v) is 13.3. The minimum absolute atomic E-state index is 0.0341. The highest BCUT2D eigenvalue weighted by Gasteiger charge is 2.28. The van der Waals surface area contributed by atoms with Crippen LogP contribution in [-0.2, 0) is 21.3 Å². The molecule has 1 aliphatic rings. The number of nitrogens with one attached hydrogen (secondary N) is 1. The largest absolute Gasteiger partial charge is 0.491 e. The van der Waals surface area contributed by atoms with Gasteiger partial charge < -0.3 is 14.4 Å². The zero-order valence-corrected chi connectivity index (χ0v) is 21.3. The number of likely N-dealkylation sites (N-methyl/N-ethyl adjacent to an activating group) is 1. The Morgan fingerprint density at radius 2 is 1.82 bits per heavy atom. The van der Waals surface area contributed by atoms with Gasteiger partial charge in [-0.3, -0.25) is 14.4 Å². The van der Waals surface area contributed by atoms with Gasteiger partial charge in [0, 0.05) is 45.9 Å². The number of rotatable bonds is 5. The number of fused-ring (bicyclic) bond motifs is 1. The summed E-state index contributed by atoms with van der Waals surface area (Å²) in [6.07, 6.45) is 0.941. The van der Waals surface area contributed by atoms with Crippen LogP contribution < -0.4 is 9.46 Å². The average molecular weight is 490 g/mol. The van der Waals surface area contributed by atoms with Crippen LogP contribution in [0.25, 0.3) is 0 Å². The molecule has 1 N–H and O–H groups in total. The van der Waals surface area contributed by atoms with E-state index in [1.807, 2.05) is 18.2 Å². The number of carbonyl (C=O) groups is 1. The fourth-order valence-electron chi connectivity index (χ4n) is 4.16. The summed E-state index contributed by atoms with van der Waals surface area (Å²) in [7, 11) is -0.0478. The number of carbonyl (C=O) groups excluding carboxylic acids is 1. The fraction of sp³-hybridized carbons (Fsp3) is 0.480. The van der Waals surface area contributed by atoms with Crippen LogP contribution in [0.5, 0.6) is 5.75 Å². The lowest BCUT2D eigenvalue weighted by atomic mass is 10.0. The third-order valence-electron chi connectivity index (χ3n) is 6.11. The van der Waals surface area contributed by atoms with E-state index < -0.39 is 10.0 Å². The highest BCUT2D eigenvalue weighted by Crippen LogP contribution is 2.27. The van der Waals surface area contributed by atoms with Crippen LogP contribution in [0.15, 0.2) is 48.5 Å². The van der Waals surface area contributed by atoms with E-state index in [9.17, 15) is 13.2 Å². The monoisotopic (exact) mass is 489 g/mol. The second kappa shape index (κ2) is 11.2. The molecule has 0 bridgehead atoms. The molecule has 0 saturated heterocycles. The third kappa shape index (κ3) is 6.94. The Hall–Kier alpha value is -2.62. The van der Waals surface area contributed by atoms with Crippen molar-refractivity contribution in [3.8, 4) is 5.75 Å². The molecule has 1 aliphatic heterocycles. The first-order chi connectivity index (χ1) is 16.1. The normalized spacial score (nSPS) is 22.8. The molecule has 0 fully saturated rings. The summed E-state index contributed by atoms with van der Waals surface area (Å²) in [5.41, 5.74) is 1.93. The van der Waals surface area contributed by atoms with Crippen molar-refractivity contribution in [2.75, 3.05) is 44.8 Å². The third-order valence-corrected chi connectivity index (χ3v) is 6.71. The molecule has 186 valence electrons. The van der Waals surface area contributed by atoms with Crippen molar-refractivity contribution in [1.29, 1.82) is 0 Å². The highest BCUT2D eigenvalue weighted by molar-refractivity contribution is 7.92. The van der Waals surface area contributed by atoms with Crippen molar-refractivity contribution in [1.82, 2.24) is 9.80 Å². The molecule has 0 aliphatic carbocycles. The van der Waals surface area contributed by atoms with Crippen LogP contribution in [0.3, 0.4) is 0 Å². The molecule has 0 spiro atoms. The molecule has 0 aromatic heterocycles. The lowest BCUT2D eigenvalue weighted by Crippen LogP contribution is -2.46. The van der Waals surface area contributed by atoms with E-state index in [2.05, 4.69) is 35.6 Å². The predicted molar refractivity (Wildman–Crippen MR) is 134 cm³/mol. The maximum absolute atomic E-state index is 13.2. The van der Waals surface area contributed by atoms with Gasteiger partial charge in [-0.15, -0.1) is 0 Å². The number of anilines is 1. The number of hydrogen-bond donors (Lipinski definition) is 1. The first-order valence-electron chi connectivity index (χ1n) is 11.4. The van der Waals surface area contributed by atoms with Crippen LogP contribution >= 0.6 is 0 Å². The summed E-state index contributed by atoms with van der Waals surface area (Å²) in [4.78, 5) is 17.2. The van der Waals surface area contributed by atoms with E-state index in [1.54, 1.807) is 37.3 Å². The quantitative estimate of drug-likeness (QED) is 0.695. The Morgan fingerprint density at radius 1 is 1.12 bits per heavy atom. The van der Waals surface area contributed by atoms with E-state index in [1.165, 1.54) is 5.56 Å². The summed E-state index contributed by atoms with van der Waals surface area (Å²) < 4.78 is 37.8. The standard InChI is InChI=1S/C25H35N3O5S/c1-18-14-28(15-20-9-7-6-8-10-20)19(2)17-33-23-13-21(26-34(5,30)31)11-12-22(23)25(29)27(3)16-24(18)32-4/h6-13,18-19,24,26H,14-17H2,1-5H3/t18-,19+,24-/m1/s1. The number of hydrogen-bond acceptors (Lipinski definition) is 6. The summed E-state index contributed by atoms with van der Waals surface area (Å²) in [6.45, 7) is 6.51. The molecule has 34 heavy (non-hydrogen) atoms. The van der Waals surface area contributed by atoms with Gasteiger partial charge in [-0.2, -0.15) is 0 Å². The number of sulfonamides is 1.